The van der Waals surface area contributed by atoms with E-state index >= 15 is 0 Å². The molecular formula is C14H17N3O2. The van der Waals surface area contributed by atoms with E-state index in [1.54, 1.807) is 32.3 Å². The Labute approximate surface area is 111 Å². The zero-order valence-corrected chi connectivity index (χ0v) is 11.0. The molecule has 1 aromatic carbocycles. The van der Waals surface area contributed by atoms with Crippen molar-refractivity contribution in [1.82, 2.24) is 9.55 Å². The first-order valence-electron chi connectivity index (χ1n) is 6.00. The molecule has 0 bridgehead atoms. The number of nitrogens with two attached hydrogens (primary N) is 1. The Bertz CT molecular complexity index is 602. The highest BCUT2D eigenvalue weighted by atomic mass is 16.4. The highest BCUT2D eigenvalue weighted by Crippen LogP contribution is 2.24. The fourth-order valence-electron chi connectivity index (χ4n) is 1.87. The van der Waals surface area contributed by atoms with E-state index < -0.39 is 11.4 Å². The minimum Gasteiger partial charge on any atom is -0.481 e. The van der Waals surface area contributed by atoms with Crippen LogP contribution in [0.1, 0.15) is 13.8 Å². The molecule has 0 amide bonds. The summed E-state index contributed by atoms with van der Waals surface area (Å²) in [5, 5.41) is 9.19. The molecule has 0 aliphatic rings. The normalized spacial score (nSPS) is 11.5. The first-order chi connectivity index (χ1) is 8.90. The molecule has 1 aromatic heterocycles. The number of nitrogens with zero attached hydrogens (tertiary/aromatic N) is 2. The molecule has 0 radical (unpaired) electrons. The van der Waals surface area contributed by atoms with Crippen molar-refractivity contribution in [2.24, 2.45) is 5.41 Å². The van der Waals surface area contributed by atoms with Crippen LogP contribution in [0.15, 0.2) is 36.7 Å². The number of rotatable bonds is 4. The van der Waals surface area contributed by atoms with Crippen LogP contribution in [0.25, 0.3) is 11.4 Å². The number of anilines is 1. The monoisotopic (exact) mass is 259 g/mol. The van der Waals surface area contributed by atoms with Crippen LogP contribution in [-0.2, 0) is 11.3 Å². The topological polar surface area (TPSA) is 81.1 Å². The summed E-state index contributed by atoms with van der Waals surface area (Å²) in [7, 11) is 0. The van der Waals surface area contributed by atoms with Crippen LogP contribution in [0.3, 0.4) is 0 Å². The van der Waals surface area contributed by atoms with Gasteiger partial charge in [-0.25, -0.2) is 4.98 Å². The molecule has 1 heterocycles. The Kier molecular flexibility index (Phi) is 3.29. The van der Waals surface area contributed by atoms with Crippen molar-refractivity contribution in [3.8, 4) is 11.4 Å². The van der Waals surface area contributed by atoms with Gasteiger partial charge in [0, 0.05) is 30.2 Å². The van der Waals surface area contributed by atoms with E-state index in [9.17, 15) is 9.90 Å². The maximum atomic E-state index is 11.2. The lowest BCUT2D eigenvalue weighted by Gasteiger charge is -2.21. The Morgan fingerprint density at radius 1 is 1.47 bits per heavy atom. The average Bonchev–Trinajstić information content (AvgIpc) is 2.76. The summed E-state index contributed by atoms with van der Waals surface area (Å²) in [5.74, 6) is -0.110. The maximum Gasteiger partial charge on any atom is 0.310 e. The number of aromatic nitrogens is 2. The summed E-state index contributed by atoms with van der Waals surface area (Å²) in [6.07, 6.45) is 3.44. The van der Waals surface area contributed by atoms with Crippen LogP contribution in [0.4, 0.5) is 5.69 Å². The standard InChI is InChI=1S/C14H17N3O2/c1-14(2,13(18)19)9-17-7-6-16-12(17)10-4-3-5-11(15)8-10/h3-8H,9,15H2,1-2H3,(H,18,19). The third-order valence-corrected chi connectivity index (χ3v) is 3.00. The van der Waals surface area contributed by atoms with Gasteiger partial charge in [-0.3, -0.25) is 4.79 Å². The fraction of sp³-hybridized carbons (Fsp3) is 0.286. The molecule has 2 aromatic rings. The van der Waals surface area contributed by atoms with E-state index in [0.29, 0.717) is 12.2 Å². The molecule has 2 rings (SSSR count). The number of hydrogen-bond donors (Lipinski definition) is 2. The van der Waals surface area contributed by atoms with Gasteiger partial charge in [0.1, 0.15) is 5.82 Å². The zero-order valence-electron chi connectivity index (χ0n) is 11.0. The molecule has 0 fully saturated rings. The number of carboxylic acids is 1. The van der Waals surface area contributed by atoms with Gasteiger partial charge in [0.15, 0.2) is 0 Å². The lowest BCUT2D eigenvalue weighted by atomic mass is 9.93. The van der Waals surface area contributed by atoms with Gasteiger partial charge in [-0.05, 0) is 26.0 Å². The summed E-state index contributed by atoms with van der Waals surface area (Å²) in [6.45, 7) is 3.74. The molecule has 0 atom stereocenters. The highest BCUT2D eigenvalue weighted by Gasteiger charge is 2.28. The number of hydrogen-bond acceptors (Lipinski definition) is 3. The van der Waals surface area contributed by atoms with E-state index in [4.69, 9.17) is 5.73 Å². The molecule has 0 saturated heterocycles. The first-order valence-corrected chi connectivity index (χ1v) is 6.00. The van der Waals surface area contributed by atoms with Crippen LogP contribution in [0, 0.1) is 5.41 Å². The SMILES string of the molecule is CC(C)(Cn1ccnc1-c1cccc(N)c1)C(=O)O. The van der Waals surface area contributed by atoms with Crippen LogP contribution >= 0.6 is 0 Å². The Morgan fingerprint density at radius 2 is 2.21 bits per heavy atom. The number of nitrogen functional groups attached to an aromatic ring is 1. The van der Waals surface area contributed by atoms with Gasteiger partial charge in [-0.1, -0.05) is 12.1 Å². The lowest BCUT2D eigenvalue weighted by molar-refractivity contribution is -0.147. The van der Waals surface area contributed by atoms with E-state index in [0.717, 1.165) is 11.4 Å². The highest BCUT2D eigenvalue weighted by molar-refractivity contribution is 5.73. The Morgan fingerprint density at radius 3 is 2.84 bits per heavy atom. The quantitative estimate of drug-likeness (QED) is 0.825. The average molecular weight is 259 g/mol. The molecule has 0 unspecified atom stereocenters. The van der Waals surface area contributed by atoms with Gasteiger partial charge in [0.2, 0.25) is 0 Å². The summed E-state index contributed by atoms with van der Waals surface area (Å²) < 4.78 is 1.84. The molecule has 0 spiro atoms. The summed E-state index contributed by atoms with van der Waals surface area (Å²) >= 11 is 0. The number of carbonyl (C=O) groups is 1. The van der Waals surface area contributed by atoms with Gasteiger partial charge in [0.25, 0.3) is 0 Å². The van der Waals surface area contributed by atoms with Crippen molar-refractivity contribution < 1.29 is 9.90 Å². The summed E-state index contributed by atoms with van der Waals surface area (Å²) in [6, 6.07) is 7.39. The molecule has 5 nitrogen and oxygen atoms in total. The molecule has 5 heteroatoms. The third kappa shape index (κ3) is 2.76. The second-order valence-corrected chi connectivity index (χ2v) is 5.19. The van der Waals surface area contributed by atoms with Crippen LogP contribution in [-0.4, -0.2) is 20.6 Å². The largest absolute Gasteiger partial charge is 0.481 e. The lowest BCUT2D eigenvalue weighted by Crippen LogP contribution is -2.29. The fourth-order valence-corrected chi connectivity index (χ4v) is 1.87. The predicted molar refractivity (Wildman–Crippen MR) is 73.5 cm³/mol. The number of benzene rings is 1. The molecule has 100 valence electrons. The van der Waals surface area contributed by atoms with Crippen LogP contribution in [0.5, 0.6) is 0 Å². The van der Waals surface area contributed by atoms with Gasteiger partial charge in [-0.15, -0.1) is 0 Å². The van der Waals surface area contributed by atoms with E-state index in [1.165, 1.54) is 0 Å². The van der Waals surface area contributed by atoms with Crippen LogP contribution in [0.2, 0.25) is 0 Å². The van der Waals surface area contributed by atoms with Crippen molar-refractivity contribution >= 4 is 11.7 Å². The number of carboxylic acid groups (broad SMARTS) is 1. The molecule has 19 heavy (non-hydrogen) atoms. The second-order valence-electron chi connectivity index (χ2n) is 5.19. The minimum atomic E-state index is -0.851. The van der Waals surface area contributed by atoms with Gasteiger partial charge in [-0.2, -0.15) is 0 Å². The van der Waals surface area contributed by atoms with Crippen molar-refractivity contribution in [3.63, 3.8) is 0 Å². The molecule has 3 N–H and O–H groups in total. The molecular weight excluding hydrogens is 242 g/mol. The minimum absolute atomic E-state index is 0.354. The first kappa shape index (κ1) is 13.1. The third-order valence-electron chi connectivity index (χ3n) is 3.00. The van der Waals surface area contributed by atoms with E-state index in [2.05, 4.69) is 4.98 Å². The van der Waals surface area contributed by atoms with Crippen molar-refractivity contribution in [2.75, 3.05) is 5.73 Å². The van der Waals surface area contributed by atoms with Gasteiger partial charge < -0.3 is 15.4 Å². The van der Waals surface area contributed by atoms with Crippen molar-refractivity contribution in [1.29, 1.82) is 0 Å². The predicted octanol–water partition coefficient (Wildman–Crippen LogP) is 2.24. The molecule has 0 aliphatic heterocycles. The van der Waals surface area contributed by atoms with Gasteiger partial charge >= 0.3 is 5.97 Å². The molecule has 0 aliphatic carbocycles. The van der Waals surface area contributed by atoms with Crippen molar-refractivity contribution in [3.05, 3.63) is 36.7 Å². The Hall–Kier alpha value is -2.30. The van der Waals surface area contributed by atoms with Gasteiger partial charge in [0.05, 0.1) is 5.41 Å². The summed E-state index contributed by atoms with van der Waals surface area (Å²) in [5.41, 5.74) is 6.45. The zero-order chi connectivity index (χ0) is 14.0. The van der Waals surface area contributed by atoms with E-state index in [-0.39, 0.29) is 0 Å². The van der Waals surface area contributed by atoms with Crippen LogP contribution < -0.4 is 5.73 Å². The van der Waals surface area contributed by atoms with E-state index in [1.807, 2.05) is 22.8 Å². The number of aliphatic carboxylic acids is 1. The second kappa shape index (κ2) is 4.76. The Balaban J connectivity index is 2.36. The summed E-state index contributed by atoms with van der Waals surface area (Å²) in [4.78, 5) is 15.5. The number of imidazole rings is 1. The van der Waals surface area contributed by atoms with Crippen molar-refractivity contribution in [2.45, 2.75) is 20.4 Å². The maximum absolute atomic E-state index is 11.2. The molecule has 0 saturated carbocycles. The smallest absolute Gasteiger partial charge is 0.310 e.